The van der Waals surface area contributed by atoms with E-state index in [-0.39, 0.29) is 24.2 Å². The number of amides is 1. The molecule has 0 saturated carbocycles. The lowest BCUT2D eigenvalue weighted by Gasteiger charge is -2.39. The molecule has 1 atom stereocenters. The van der Waals surface area contributed by atoms with E-state index in [1.165, 1.54) is 13.2 Å². The highest BCUT2D eigenvalue weighted by molar-refractivity contribution is 5.82. The van der Waals surface area contributed by atoms with Gasteiger partial charge in [0.25, 0.3) is 0 Å². The molecule has 0 radical (unpaired) electrons. The first kappa shape index (κ1) is 20.3. The van der Waals surface area contributed by atoms with E-state index in [9.17, 15) is 18.0 Å². The number of carbonyl (C=O) groups excluding carboxylic acids is 1. The van der Waals surface area contributed by atoms with E-state index in [1.54, 1.807) is 4.90 Å². The molecular formula is C17H25F3N6O2. The van der Waals surface area contributed by atoms with E-state index >= 15 is 0 Å². The Morgan fingerprint density at radius 1 is 1.32 bits per heavy atom. The second-order valence-electron chi connectivity index (χ2n) is 7.97. The Kier molecular flexibility index (Phi) is 5.20. The minimum Gasteiger partial charge on any atom is -0.444 e. The van der Waals surface area contributed by atoms with Crippen molar-refractivity contribution in [1.82, 2.24) is 24.9 Å². The van der Waals surface area contributed by atoms with Gasteiger partial charge in [0.15, 0.2) is 11.7 Å². The molecule has 1 aromatic rings. The molecule has 28 heavy (non-hydrogen) atoms. The Hall–Kier alpha value is -2.46. The van der Waals surface area contributed by atoms with Gasteiger partial charge in [0.2, 0.25) is 0 Å². The Labute approximate surface area is 161 Å². The molecule has 0 aromatic carbocycles. The lowest BCUT2D eigenvalue weighted by molar-refractivity contribution is -0.142. The molecule has 156 valence electrons. The SMILES string of the molecule is Cn1cc(CNC2=NCC3CN(C(=O)OC(C)(C)C)CCN23)c(C(F)(F)F)n1. The van der Waals surface area contributed by atoms with Crippen molar-refractivity contribution in [2.75, 3.05) is 26.2 Å². The molecule has 8 nitrogen and oxygen atoms in total. The smallest absolute Gasteiger partial charge is 0.435 e. The lowest BCUT2D eigenvalue weighted by atomic mass is 10.2. The molecule has 1 N–H and O–H groups in total. The summed E-state index contributed by atoms with van der Waals surface area (Å²) in [6, 6.07) is -0.0141. The summed E-state index contributed by atoms with van der Waals surface area (Å²) >= 11 is 0. The van der Waals surface area contributed by atoms with Crippen molar-refractivity contribution >= 4 is 12.1 Å². The number of rotatable bonds is 2. The van der Waals surface area contributed by atoms with Gasteiger partial charge in [0, 0.05) is 45.0 Å². The van der Waals surface area contributed by atoms with Crippen LogP contribution in [-0.4, -0.2) is 69.5 Å². The summed E-state index contributed by atoms with van der Waals surface area (Å²) in [5.74, 6) is 0.547. The van der Waals surface area contributed by atoms with E-state index in [4.69, 9.17) is 4.74 Å². The van der Waals surface area contributed by atoms with Crippen molar-refractivity contribution < 1.29 is 22.7 Å². The number of aryl methyl sites for hydroxylation is 1. The summed E-state index contributed by atoms with van der Waals surface area (Å²) in [4.78, 5) is 20.3. The fourth-order valence-electron chi connectivity index (χ4n) is 3.30. The summed E-state index contributed by atoms with van der Waals surface area (Å²) in [5.41, 5.74) is -1.39. The van der Waals surface area contributed by atoms with Gasteiger partial charge in [-0.15, -0.1) is 0 Å². The van der Waals surface area contributed by atoms with Crippen LogP contribution in [0.2, 0.25) is 0 Å². The quantitative estimate of drug-likeness (QED) is 0.817. The number of alkyl halides is 3. The number of aromatic nitrogens is 2. The Morgan fingerprint density at radius 3 is 2.68 bits per heavy atom. The molecule has 1 amide bonds. The molecule has 0 spiro atoms. The van der Waals surface area contributed by atoms with Gasteiger partial charge in [-0.25, -0.2) is 4.79 Å². The monoisotopic (exact) mass is 402 g/mol. The topological polar surface area (TPSA) is 75.0 Å². The van der Waals surface area contributed by atoms with Crippen LogP contribution in [0.15, 0.2) is 11.2 Å². The maximum absolute atomic E-state index is 13.1. The van der Waals surface area contributed by atoms with Crippen LogP contribution in [-0.2, 0) is 24.5 Å². The van der Waals surface area contributed by atoms with Gasteiger partial charge in [0.1, 0.15) is 5.60 Å². The molecule has 1 unspecified atom stereocenters. The van der Waals surface area contributed by atoms with E-state index in [0.717, 1.165) is 4.68 Å². The fraction of sp³-hybridized carbons (Fsp3) is 0.706. The van der Waals surface area contributed by atoms with Crippen molar-refractivity contribution in [3.8, 4) is 0 Å². The summed E-state index contributed by atoms with van der Waals surface area (Å²) in [7, 11) is 1.46. The number of halogens is 3. The molecule has 0 aliphatic carbocycles. The van der Waals surface area contributed by atoms with Crippen LogP contribution in [0.3, 0.4) is 0 Å². The Balaban J connectivity index is 1.58. The predicted molar refractivity (Wildman–Crippen MR) is 95.7 cm³/mol. The molecule has 0 bridgehead atoms. The van der Waals surface area contributed by atoms with Crippen LogP contribution in [0.25, 0.3) is 0 Å². The standard InChI is InChI=1S/C17H25F3N6O2/c1-16(2,3)28-15(27)25-5-6-26-12(10-25)8-22-14(26)21-7-11-9-24(4)23-13(11)17(18,19)20/h9,12H,5-8,10H2,1-4H3,(H,21,22). The second-order valence-corrected chi connectivity index (χ2v) is 7.97. The summed E-state index contributed by atoms with van der Waals surface area (Å²) in [5, 5.41) is 6.50. The Bertz CT molecular complexity index is 768. The van der Waals surface area contributed by atoms with Crippen LogP contribution in [0, 0.1) is 0 Å². The first-order chi connectivity index (χ1) is 12.9. The molecule has 1 saturated heterocycles. The molecular weight excluding hydrogens is 377 g/mol. The zero-order chi connectivity index (χ0) is 20.7. The van der Waals surface area contributed by atoms with Gasteiger partial charge < -0.3 is 19.9 Å². The summed E-state index contributed by atoms with van der Waals surface area (Å²) < 4.78 is 45.8. The van der Waals surface area contributed by atoms with Crippen molar-refractivity contribution in [1.29, 1.82) is 0 Å². The number of guanidine groups is 1. The van der Waals surface area contributed by atoms with Gasteiger partial charge in [0.05, 0.1) is 12.6 Å². The average Bonchev–Trinajstić information content (AvgIpc) is 3.13. The van der Waals surface area contributed by atoms with Crippen molar-refractivity contribution in [2.45, 2.75) is 45.1 Å². The van der Waals surface area contributed by atoms with Crippen LogP contribution < -0.4 is 5.32 Å². The van der Waals surface area contributed by atoms with E-state index in [0.29, 0.717) is 32.1 Å². The summed E-state index contributed by atoms with van der Waals surface area (Å²) in [6.07, 6.45) is -3.51. The molecule has 1 fully saturated rings. The van der Waals surface area contributed by atoms with Crippen LogP contribution >= 0.6 is 0 Å². The molecule has 2 aliphatic rings. The third-order valence-corrected chi connectivity index (χ3v) is 4.47. The zero-order valence-corrected chi connectivity index (χ0v) is 16.4. The number of hydrogen-bond acceptors (Lipinski definition) is 6. The van der Waals surface area contributed by atoms with Crippen LogP contribution in [0.1, 0.15) is 32.0 Å². The minimum atomic E-state index is -4.50. The van der Waals surface area contributed by atoms with Gasteiger partial charge in [-0.2, -0.15) is 18.3 Å². The van der Waals surface area contributed by atoms with Crippen molar-refractivity contribution in [2.24, 2.45) is 12.0 Å². The maximum atomic E-state index is 13.1. The highest BCUT2D eigenvalue weighted by Gasteiger charge is 2.38. The predicted octanol–water partition coefficient (Wildman–Crippen LogP) is 1.82. The number of ether oxygens (including phenoxy) is 1. The first-order valence-electron chi connectivity index (χ1n) is 9.06. The Morgan fingerprint density at radius 2 is 2.04 bits per heavy atom. The average molecular weight is 402 g/mol. The third kappa shape index (κ3) is 4.50. The van der Waals surface area contributed by atoms with E-state index in [2.05, 4.69) is 15.4 Å². The first-order valence-corrected chi connectivity index (χ1v) is 9.06. The second kappa shape index (κ2) is 7.17. The lowest BCUT2D eigenvalue weighted by Crippen LogP contribution is -2.57. The van der Waals surface area contributed by atoms with Crippen molar-refractivity contribution in [3.05, 3.63) is 17.5 Å². The number of hydrogen-bond donors (Lipinski definition) is 1. The van der Waals surface area contributed by atoms with Gasteiger partial charge >= 0.3 is 12.3 Å². The number of nitrogens with zero attached hydrogens (tertiary/aromatic N) is 5. The molecule has 3 heterocycles. The van der Waals surface area contributed by atoms with E-state index in [1.807, 2.05) is 25.7 Å². The number of carbonyl (C=O) groups is 1. The third-order valence-electron chi connectivity index (χ3n) is 4.47. The molecule has 2 aliphatic heterocycles. The highest BCUT2D eigenvalue weighted by Crippen LogP contribution is 2.30. The van der Waals surface area contributed by atoms with E-state index < -0.39 is 17.5 Å². The number of aliphatic imine (C=N–C) groups is 1. The number of fused-ring (bicyclic) bond motifs is 1. The van der Waals surface area contributed by atoms with Crippen LogP contribution in [0.5, 0.6) is 0 Å². The van der Waals surface area contributed by atoms with Crippen LogP contribution in [0.4, 0.5) is 18.0 Å². The number of piperazine rings is 1. The molecule has 11 heteroatoms. The van der Waals surface area contributed by atoms with Gasteiger partial charge in [-0.3, -0.25) is 9.67 Å². The van der Waals surface area contributed by atoms with Crippen molar-refractivity contribution in [3.63, 3.8) is 0 Å². The summed E-state index contributed by atoms with van der Waals surface area (Å²) in [6.45, 7) is 7.35. The molecule has 3 rings (SSSR count). The van der Waals surface area contributed by atoms with Gasteiger partial charge in [-0.05, 0) is 20.8 Å². The van der Waals surface area contributed by atoms with Gasteiger partial charge in [-0.1, -0.05) is 0 Å². The highest BCUT2D eigenvalue weighted by atomic mass is 19.4. The zero-order valence-electron chi connectivity index (χ0n) is 16.4. The molecule has 1 aromatic heterocycles. The largest absolute Gasteiger partial charge is 0.444 e. The minimum absolute atomic E-state index is 0.0141. The number of nitrogens with one attached hydrogen (secondary N) is 1. The normalized spacial score (nSPS) is 20.1. The maximum Gasteiger partial charge on any atom is 0.435 e. The fourth-order valence-corrected chi connectivity index (χ4v) is 3.30.